The van der Waals surface area contributed by atoms with Crippen molar-refractivity contribution in [2.75, 3.05) is 45.6 Å². The second kappa shape index (κ2) is 11.9. The van der Waals surface area contributed by atoms with E-state index in [9.17, 15) is 4.79 Å². The number of hydrogen-bond acceptors (Lipinski definition) is 7. The van der Waals surface area contributed by atoms with Crippen molar-refractivity contribution in [3.05, 3.63) is 78.2 Å². The fraction of sp³-hybridized carbons (Fsp3) is 0.323. The largest absolute Gasteiger partial charge is 0.457 e. The van der Waals surface area contributed by atoms with Crippen LogP contribution in [-0.2, 0) is 9.53 Å². The van der Waals surface area contributed by atoms with Gasteiger partial charge in [-0.1, -0.05) is 48.0 Å². The Hall–Kier alpha value is -3.92. The molecule has 0 saturated carbocycles. The monoisotopic (exact) mass is 572 g/mol. The molecule has 2 fully saturated rings. The zero-order valence-electron chi connectivity index (χ0n) is 22.9. The van der Waals surface area contributed by atoms with Crippen LogP contribution in [0.1, 0.15) is 18.9 Å². The number of benzene rings is 2. The van der Waals surface area contributed by atoms with Gasteiger partial charge < -0.3 is 24.7 Å². The maximum atomic E-state index is 13.0. The number of aromatic nitrogens is 3. The minimum Gasteiger partial charge on any atom is -0.457 e. The molecule has 9 nitrogen and oxygen atoms in total. The van der Waals surface area contributed by atoms with Crippen molar-refractivity contribution in [3.8, 4) is 22.6 Å². The molecule has 2 saturated heterocycles. The van der Waals surface area contributed by atoms with Crippen molar-refractivity contribution in [1.29, 1.82) is 0 Å². The molecule has 1 amide bonds. The van der Waals surface area contributed by atoms with Crippen LogP contribution in [0.4, 0.5) is 5.82 Å². The summed E-state index contributed by atoms with van der Waals surface area (Å²) in [7, 11) is 2.06. The average Bonchev–Trinajstić information content (AvgIpc) is 3.74. The number of carbonyl (C=O) groups is 1. The van der Waals surface area contributed by atoms with Gasteiger partial charge in [0.15, 0.2) is 0 Å². The highest BCUT2D eigenvalue weighted by Crippen LogP contribution is 2.43. The number of anilines is 1. The maximum absolute atomic E-state index is 13.0. The molecule has 4 heterocycles. The third kappa shape index (κ3) is 5.66. The number of nitrogens with two attached hydrogens (primary N) is 1. The van der Waals surface area contributed by atoms with Crippen LogP contribution < -0.4 is 10.5 Å². The Balaban J connectivity index is 1.21. The van der Waals surface area contributed by atoms with E-state index in [0.717, 1.165) is 42.9 Å². The SMILES string of the molecule is CN(C/C=C/C(=O)N1CC[C@@H](n2c(Cl)c(-c3ccc(Oc4ccccc4)cc3)c3c(N)ncnc32)C1)[C@@H]1CCOC1. The summed E-state index contributed by atoms with van der Waals surface area (Å²) in [5.41, 5.74) is 8.69. The lowest BCUT2D eigenvalue weighted by atomic mass is 10.1. The van der Waals surface area contributed by atoms with Crippen LogP contribution >= 0.6 is 11.6 Å². The van der Waals surface area contributed by atoms with Crippen LogP contribution in [0.15, 0.2) is 73.1 Å². The summed E-state index contributed by atoms with van der Waals surface area (Å²) in [5.74, 6) is 1.84. The first-order chi connectivity index (χ1) is 20.0. The molecule has 2 aromatic heterocycles. The van der Waals surface area contributed by atoms with Gasteiger partial charge in [0.25, 0.3) is 0 Å². The Bertz CT molecular complexity index is 1550. The van der Waals surface area contributed by atoms with Gasteiger partial charge in [-0.15, -0.1) is 0 Å². The molecular formula is C31H33ClN6O3. The molecule has 2 aliphatic heterocycles. The molecule has 4 aromatic rings. The standard InChI is InChI=1S/C31H33ClN6O3/c1-36(23-14-17-40-19-23)15-5-8-26(39)37-16-13-22(18-37)38-29(32)27(28-30(33)34-20-35-31(28)38)21-9-11-25(12-10-21)41-24-6-3-2-4-7-24/h2-12,20,22-23H,13-19H2,1H3,(H2,33,34,35)/b8-5+/t22-,23-/m1/s1. The fourth-order valence-corrected chi connectivity index (χ4v) is 6.06. The van der Waals surface area contributed by atoms with E-state index < -0.39 is 0 Å². The number of nitrogen functional groups attached to an aromatic ring is 1. The van der Waals surface area contributed by atoms with E-state index in [1.807, 2.05) is 70.1 Å². The summed E-state index contributed by atoms with van der Waals surface area (Å²) in [5, 5.41) is 1.23. The van der Waals surface area contributed by atoms with E-state index in [0.29, 0.717) is 53.4 Å². The van der Waals surface area contributed by atoms with Gasteiger partial charge >= 0.3 is 0 Å². The number of likely N-dealkylation sites (N-methyl/N-ethyl adjacent to an activating group) is 1. The molecule has 212 valence electrons. The fourth-order valence-electron chi connectivity index (χ4n) is 5.64. The minimum absolute atomic E-state index is 0.000441. The van der Waals surface area contributed by atoms with Gasteiger partial charge in [-0.05, 0) is 49.7 Å². The molecule has 6 rings (SSSR count). The summed E-state index contributed by atoms with van der Waals surface area (Å²) in [6.07, 6.45) is 6.85. The van der Waals surface area contributed by atoms with E-state index in [1.54, 1.807) is 6.08 Å². The molecule has 0 radical (unpaired) electrons. The van der Waals surface area contributed by atoms with Crippen molar-refractivity contribution >= 4 is 34.4 Å². The number of amides is 1. The molecule has 2 N–H and O–H groups in total. The van der Waals surface area contributed by atoms with Gasteiger partial charge in [-0.3, -0.25) is 9.69 Å². The molecule has 41 heavy (non-hydrogen) atoms. The first kappa shape index (κ1) is 27.3. The number of rotatable bonds is 8. The van der Waals surface area contributed by atoms with Crippen molar-refractivity contribution < 1.29 is 14.3 Å². The predicted octanol–water partition coefficient (Wildman–Crippen LogP) is 5.18. The predicted molar refractivity (Wildman–Crippen MR) is 160 cm³/mol. The molecule has 2 aromatic carbocycles. The third-order valence-electron chi connectivity index (χ3n) is 7.90. The lowest BCUT2D eigenvalue weighted by Crippen LogP contribution is -2.32. The minimum atomic E-state index is -0.0376. The third-order valence-corrected chi connectivity index (χ3v) is 8.27. The Labute approximate surface area is 244 Å². The molecule has 0 aliphatic carbocycles. The Kier molecular flexibility index (Phi) is 7.91. The number of hydrogen-bond donors (Lipinski definition) is 1. The van der Waals surface area contributed by atoms with E-state index in [2.05, 4.69) is 21.9 Å². The molecular weight excluding hydrogens is 540 g/mol. The van der Waals surface area contributed by atoms with E-state index >= 15 is 0 Å². The van der Waals surface area contributed by atoms with Crippen molar-refractivity contribution in [2.45, 2.75) is 24.9 Å². The summed E-state index contributed by atoms with van der Waals surface area (Å²) in [6, 6.07) is 17.7. The molecule has 0 spiro atoms. The summed E-state index contributed by atoms with van der Waals surface area (Å²) >= 11 is 7.09. The molecule has 2 aliphatic rings. The molecule has 2 atom stereocenters. The van der Waals surface area contributed by atoms with E-state index in [1.165, 1.54) is 6.33 Å². The number of nitrogens with zero attached hydrogens (tertiary/aromatic N) is 5. The van der Waals surface area contributed by atoms with Crippen LogP contribution in [0, 0.1) is 0 Å². The smallest absolute Gasteiger partial charge is 0.246 e. The molecule has 0 bridgehead atoms. The zero-order chi connectivity index (χ0) is 28.3. The van der Waals surface area contributed by atoms with Crippen LogP contribution in [0.5, 0.6) is 11.5 Å². The number of ether oxygens (including phenoxy) is 2. The van der Waals surface area contributed by atoms with Gasteiger partial charge in [-0.25, -0.2) is 9.97 Å². The van der Waals surface area contributed by atoms with E-state index in [-0.39, 0.29) is 11.9 Å². The Morgan fingerprint density at radius 2 is 1.93 bits per heavy atom. The lowest BCUT2D eigenvalue weighted by Gasteiger charge is -2.21. The van der Waals surface area contributed by atoms with Crippen LogP contribution in [0.2, 0.25) is 5.15 Å². The lowest BCUT2D eigenvalue weighted by molar-refractivity contribution is -0.125. The second-order valence-electron chi connectivity index (χ2n) is 10.5. The van der Waals surface area contributed by atoms with Crippen molar-refractivity contribution in [3.63, 3.8) is 0 Å². The highest BCUT2D eigenvalue weighted by atomic mass is 35.5. The first-order valence-electron chi connectivity index (χ1n) is 13.9. The number of carbonyl (C=O) groups excluding carboxylic acids is 1. The molecule has 10 heteroatoms. The molecule has 0 unspecified atom stereocenters. The van der Waals surface area contributed by atoms with Crippen LogP contribution in [0.25, 0.3) is 22.2 Å². The highest BCUT2D eigenvalue weighted by Gasteiger charge is 2.32. The summed E-state index contributed by atoms with van der Waals surface area (Å²) in [4.78, 5) is 25.9. The number of halogens is 1. The normalized spacial score (nSPS) is 19.1. The maximum Gasteiger partial charge on any atom is 0.246 e. The average molecular weight is 573 g/mol. The number of likely N-dealkylation sites (tertiary alicyclic amines) is 1. The first-order valence-corrected chi connectivity index (χ1v) is 14.2. The number of fused-ring (bicyclic) bond motifs is 1. The van der Waals surface area contributed by atoms with Gasteiger partial charge in [0, 0.05) is 43.9 Å². The van der Waals surface area contributed by atoms with Crippen LogP contribution in [-0.4, -0.2) is 76.2 Å². The van der Waals surface area contributed by atoms with Gasteiger partial charge in [-0.2, -0.15) is 0 Å². The Morgan fingerprint density at radius 3 is 2.68 bits per heavy atom. The number of para-hydroxylation sites is 1. The highest BCUT2D eigenvalue weighted by molar-refractivity contribution is 6.35. The topological polar surface area (TPSA) is 98.7 Å². The van der Waals surface area contributed by atoms with Gasteiger partial charge in [0.05, 0.1) is 18.0 Å². The van der Waals surface area contributed by atoms with Gasteiger partial charge in [0.1, 0.15) is 34.4 Å². The van der Waals surface area contributed by atoms with Crippen molar-refractivity contribution in [2.24, 2.45) is 0 Å². The summed E-state index contributed by atoms with van der Waals surface area (Å²) < 4.78 is 13.4. The van der Waals surface area contributed by atoms with Crippen LogP contribution in [0.3, 0.4) is 0 Å². The Morgan fingerprint density at radius 1 is 1.15 bits per heavy atom. The second-order valence-corrected chi connectivity index (χ2v) is 10.9. The zero-order valence-corrected chi connectivity index (χ0v) is 23.7. The summed E-state index contributed by atoms with van der Waals surface area (Å²) in [6.45, 7) is 3.43. The van der Waals surface area contributed by atoms with Gasteiger partial charge in [0.2, 0.25) is 5.91 Å². The quantitative estimate of drug-likeness (QED) is 0.291. The van der Waals surface area contributed by atoms with Crippen molar-refractivity contribution in [1.82, 2.24) is 24.3 Å². The van der Waals surface area contributed by atoms with E-state index in [4.69, 9.17) is 26.8 Å².